The number of ether oxygens (including phenoxy) is 1. The van der Waals surface area contributed by atoms with Crippen LogP contribution in [0.25, 0.3) is 0 Å². The summed E-state index contributed by atoms with van der Waals surface area (Å²) in [7, 11) is 0. The van der Waals surface area contributed by atoms with E-state index in [1.807, 2.05) is 29.2 Å². The number of rotatable bonds is 6. The van der Waals surface area contributed by atoms with Crippen molar-refractivity contribution >= 4 is 33.2 Å². The van der Waals surface area contributed by atoms with Gasteiger partial charge in [0, 0.05) is 42.1 Å². The summed E-state index contributed by atoms with van der Waals surface area (Å²) in [6.07, 6.45) is 0.428. The van der Waals surface area contributed by atoms with Crippen molar-refractivity contribution < 1.29 is 9.53 Å². The van der Waals surface area contributed by atoms with Gasteiger partial charge >= 0.3 is 0 Å². The molecule has 2 aromatic rings. The second-order valence-corrected chi connectivity index (χ2v) is 7.74. The molecule has 2 heterocycles. The lowest BCUT2D eigenvalue weighted by molar-refractivity contribution is -0.133. The van der Waals surface area contributed by atoms with E-state index in [1.165, 1.54) is 4.88 Å². The quantitative estimate of drug-likeness (QED) is 0.731. The topological polar surface area (TPSA) is 32.8 Å². The first kappa shape index (κ1) is 17.5. The average Bonchev–Trinajstić information content (AvgIpc) is 3.08. The van der Waals surface area contributed by atoms with E-state index in [0.29, 0.717) is 13.0 Å². The number of halogens is 1. The average molecular weight is 409 g/mol. The maximum Gasteiger partial charge on any atom is 0.226 e. The molecule has 3 rings (SSSR count). The van der Waals surface area contributed by atoms with Gasteiger partial charge in [0.1, 0.15) is 5.75 Å². The fraction of sp³-hybridized carbons (Fsp3) is 0.389. The molecule has 1 fully saturated rings. The zero-order valence-electron chi connectivity index (χ0n) is 13.5. The van der Waals surface area contributed by atoms with Gasteiger partial charge in [-0.3, -0.25) is 9.69 Å². The fourth-order valence-electron chi connectivity index (χ4n) is 2.75. The van der Waals surface area contributed by atoms with Crippen LogP contribution in [0, 0.1) is 0 Å². The van der Waals surface area contributed by atoms with Gasteiger partial charge < -0.3 is 9.64 Å². The predicted octanol–water partition coefficient (Wildman–Crippen LogP) is 3.62. The lowest BCUT2D eigenvalue weighted by Crippen LogP contribution is -2.48. The van der Waals surface area contributed by atoms with Gasteiger partial charge in [0.25, 0.3) is 0 Å². The largest absolute Gasteiger partial charge is 0.493 e. The number of nitrogens with zero attached hydrogens (tertiary/aromatic N) is 2. The molecule has 1 aromatic heterocycles. The Morgan fingerprint density at radius 3 is 2.71 bits per heavy atom. The Kier molecular flexibility index (Phi) is 6.29. The third-order valence-electron chi connectivity index (χ3n) is 4.07. The van der Waals surface area contributed by atoms with Crippen molar-refractivity contribution in [3.63, 3.8) is 0 Å². The molecule has 0 radical (unpaired) electrons. The van der Waals surface area contributed by atoms with Crippen LogP contribution < -0.4 is 4.74 Å². The summed E-state index contributed by atoms with van der Waals surface area (Å²) in [6.45, 7) is 4.91. The monoisotopic (exact) mass is 408 g/mol. The number of hydrogen-bond acceptors (Lipinski definition) is 4. The minimum absolute atomic E-state index is 0.181. The molecule has 0 bridgehead atoms. The summed E-state index contributed by atoms with van der Waals surface area (Å²) >= 11 is 5.20. The Hall–Kier alpha value is -1.37. The smallest absolute Gasteiger partial charge is 0.226 e. The molecule has 0 saturated carbocycles. The normalized spacial score (nSPS) is 15.5. The maximum absolute atomic E-state index is 12.3. The summed E-state index contributed by atoms with van der Waals surface area (Å²) in [5.41, 5.74) is 0. The molecule has 0 N–H and O–H groups in total. The van der Waals surface area contributed by atoms with Gasteiger partial charge in [-0.15, -0.1) is 11.3 Å². The lowest BCUT2D eigenvalue weighted by Gasteiger charge is -2.34. The third-order valence-corrected chi connectivity index (χ3v) is 5.42. The van der Waals surface area contributed by atoms with Crippen LogP contribution in [0.2, 0.25) is 0 Å². The van der Waals surface area contributed by atoms with Crippen LogP contribution in [-0.4, -0.2) is 48.5 Å². The lowest BCUT2D eigenvalue weighted by atomic mass is 10.2. The van der Waals surface area contributed by atoms with Crippen LogP contribution in [-0.2, 0) is 11.3 Å². The summed E-state index contributed by atoms with van der Waals surface area (Å²) in [6, 6.07) is 11.9. The van der Waals surface area contributed by atoms with Crippen molar-refractivity contribution in [3.05, 3.63) is 51.1 Å². The molecule has 6 heteroatoms. The highest BCUT2D eigenvalue weighted by molar-refractivity contribution is 9.10. The van der Waals surface area contributed by atoms with Crippen molar-refractivity contribution in [2.45, 2.75) is 13.0 Å². The predicted molar refractivity (Wildman–Crippen MR) is 100 cm³/mol. The first-order valence-corrected chi connectivity index (χ1v) is 9.79. The van der Waals surface area contributed by atoms with Gasteiger partial charge in [-0.2, -0.15) is 0 Å². The zero-order valence-corrected chi connectivity index (χ0v) is 15.9. The SMILES string of the molecule is O=C(CCOc1cccc(Br)c1)N1CCN(Cc2cccs2)CC1. The van der Waals surface area contributed by atoms with E-state index in [9.17, 15) is 4.79 Å². The molecule has 1 aromatic carbocycles. The molecule has 0 unspecified atom stereocenters. The molecule has 0 spiro atoms. The summed E-state index contributed by atoms with van der Waals surface area (Å²) in [5.74, 6) is 0.971. The van der Waals surface area contributed by atoms with Crippen LogP contribution in [0.4, 0.5) is 0 Å². The second-order valence-electron chi connectivity index (χ2n) is 5.79. The molecule has 1 saturated heterocycles. The third kappa shape index (κ3) is 5.06. The Balaban J connectivity index is 1.37. The van der Waals surface area contributed by atoms with Crippen molar-refractivity contribution in [2.24, 2.45) is 0 Å². The molecular formula is C18H21BrN2O2S. The van der Waals surface area contributed by atoms with E-state index in [2.05, 4.69) is 38.3 Å². The van der Waals surface area contributed by atoms with Crippen LogP contribution in [0.5, 0.6) is 5.75 Å². The van der Waals surface area contributed by atoms with Crippen molar-refractivity contribution in [1.82, 2.24) is 9.80 Å². The summed E-state index contributed by atoms with van der Waals surface area (Å²) in [5, 5.41) is 2.11. The number of carbonyl (C=O) groups is 1. The minimum Gasteiger partial charge on any atom is -0.493 e. The van der Waals surface area contributed by atoms with E-state index in [1.54, 1.807) is 11.3 Å². The number of benzene rings is 1. The Labute approximate surface area is 155 Å². The number of carbonyl (C=O) groups excluding carboxylic acids is 1. The maximum atomic E-state index is 12.3. The van der Waals surface area contributed by atoms with Crippen LogP contribution in [0.1, 0.15) is 11.3 Å². The van der Waals surface area contributed by atoms with Gasteiger partial charge in [0.15, 0.2) is 0 Å². The molecular weight excluding hydrogens is 388 g/mol. The molecule has 1 aliphatic heterocycles. The molecule has 24 heavy (non-hydrogen) atoms. The first-order chi connectivity index (χ1) is 11.7. The van der Waals surface area contributed by atoms with Gasteiger partial charge in [-0.05, 0) is 29.6 Å². The number of amides is 1. The standard InChI is InChI=1S/C18H21BrN2O2S/c19-15-3-1-4-16(13-15)23-11-6-18(22)21-9-7-20(8-10-21)14-17-5-2-12-24-17/h1-5,12-13H,6-11,14H2. The van der Waals surface area contributed by atoms with Crippen LogP contribution in [0.15, 0.2) is 46.3 Å². The van der Waals surface area contributed by atoms with E-state index < -0.39 is 0 Å². The Morgan fingerprint density at radius 2 is 2.00 bits per heavy atom. The Bertz CT molecular complexity index is 655. The van der Waals surface area contributed by atoms with E-state index >= 15 is 0 Å². The molecule has 1 amide bonds. The minimum atomic E-state index is 0.181. The van der Waals surface area contributed by atoms with Crippen molar-refractivity contribution in [2.75, 3.05) is 32.8 Å². The Morgan fingerprint density at radius 1 is 1.17 bits per heavy atom. The number of thiophene rings is 1. The number of hydrogen-bond donors (Lipinski definition) is 0. The van der Waals surface area contributed by atoms with Crippen molar-refractivity contribution in [1.29, 1.82) is 0 Å². The molecule has 0 aliphatic carbocycles. The molecule has 4 nitrogen and oxygen atoms in total. The van der Waals surface area contributed by atoms with E-state index in [-0.39, 0.29) is 5.91 Å². The first-order valence-electron chi connectivity index (χ1n) is 8.11. The van der Waals surface area contributed by atoms with Crippen LogP contribution in [0.3, 0.4) is 0 Å². The molecule has 0 atom stereocenters. The highest BCUT2D eigenvalue weighted by Gasteiger charge is 2.21. The van der Waals surface area contributed by atoms with Gasteiger partial charge in [0.05, 0.1) is 13.0 Å². The number of piperazine rings is 1. The van der Waals surface area contributed by atoms with Crippen LogP contribution >= 0.6 is 27.3 Å². The zero-order chi connectivity index (χ0) is 16.8. The molecule has 128 valence electrons. The molecule has 1 aliphatic rings. The highest BCUT2D eigenvalue weighted by atomic mass is 79.9. The van der Waals surface area contributed by atoms with Gasteiger partial charge in [-0.1, -0.05) is 28.1 Å². The van der Waals surface area contributed by atoms with Crippen molar-refractivity contribution in [3.8, 4) is 5.75 Å². The van der Waals surface area contributed by atoms with E-state index in [0.717, 1.165) is 42.9 Å². The van der Waals surface area contributed by atoms with Gasteiger partial charge in [-0.25, -0.2) is 0 Å². The fourth-order valence-corrected chi connectivity index (χ4v) is 3.87. The summed E-state index contributed by atoms with van der Waals surface area (Å²) in [4.78, 5) is 18.0. The second kappa shape index (κ2) is 8.65. The van der Waals surface area contributed by atoms with E-state index in [4.69, 9.17) is 4.74 Å². The van der Waals surface area contributed by atoms with Gasteiger partial charge in [0.2, 0.25) is 5.91 Å². The summed E-state index contributed by atoms with van der Waals surface area (Å²) < 4.78 is 6.63. The highest BCUT2D eigenvalue weighted by Crippen LogP contribution is 2.18.